The number of quaternary nitrogens is 2. The first-order valence-corrected chi connectivity index (χ1v) is 6.72. The van der Waals surface area contributed by atoms with E-state index in [9.17, 15) is 0 Å². The Labute approximate surface area is 114 Å². The van der Waals surface area contributed by atoms with Crippen molar-refractivity contribution in [3.05, 3.63) is 22.9 Å². The van der Waals surface area contributed by atoms with Crippen LogP contribution in [0.1, 0.15) is 6.42 Å². The lowest BCUT2D eigenvalue weighted by Gasteiger charge is -2.30. The molecule has 2 aliphatic heterocycles. The number of allylic oxidation sites excluding steroid dienone is 1. The molecular weight excluding hydrogens is 240 g/mol. The van der Waals surface area contributed by atoms with E-state index in [2.05, 4.69) is 7.05 Å². The maximum atomic E-state index is 8.92. The van der Waals surface area contributed by atoms with E-state index in [1.807, 2.05) is 12.1 Å². The van der Waals surface area contributed by atoms with Crippen LogP contribution in [0.25, 0.3) is 0 Å². The van der Waals surface area contributed by atoms with Gasteiger partial charge in [0.05, 0.1) is 38.8 Å². The maximum Gasteiger partial charge on any atom is 0.130 e. The molecule has 1 atom stereocenters. The van der Waals surface area contributed by atoms with Gasteiger partial charge in [0, 0.05) is 0 Å². The fourth-order valence-electron chi connectivity index (χ4n) is 2.74. The minimum absolute atomic E-state index is 0.204. The second kappa shape index (κ2) is 6.49. The molecule has 0 spiro atoms. The molecule has 0 aromatic heterocycles. The average molecular weight is 260 g/mol. The minimum atomic E-state index is 0.204. The average Bonchev–Trinajstić information content (AvgIpc) is 2.46. The summed E-state index contributed by atoms with van der Waals surface area (Å²) in [5, 5.41) is 17.8. The molecule has 0 bridgehead atoms. The summed E-state index contributed by atoms with van der Waals surface area (Å²) in [5.74, 6) is 0. The number of rotatable bonds is 2. The van der Waals surface area contributed by atoms with Crippen LogP contribution in [0.2, 0.25) is 0 Å². The SMILES string of the molecule is C[NH+]1CCC([NH+]2CCOCC2)=C(C=C(C#N)C#N)C1. The first kappa shape index (κ1) is 13.8. The normalized spacial score (nSPS) is 24.5. The summed E-state index contributed by atoms with van der Waals surface area (Å²) >= 11 is 0. The van der Waals surface area contributed by atoms with Crippen molar-refractivity contribution in [3.8, 4) is 12.1 Å². The number of nitrogens with one attached hydrogen (secondary N) is 2. The molecule has 19 heavy (non-hydrogen) atoms. The Balaban J connectivity index is 2.29. The number of ether oxygens (including phenoxy) is 1. The van der Waals surface area contributed by atoms with Gasteiger partial charge >= 0.3 is 0 Å². The number of morpholine rings is 1. The van der Waals surface area contributed by atoms with Crippen LogP contribution in [-0.4, -0.2) is 46.4 Å². The molecule has 0 aromatic rings. The van der Waals surface area contributed by atoms with Crippen molar-refractivity contribution >= 4 is 0 Å². The summed E-state index contributed by atoms with van der Waals surface area (Å²) in [7, 11) is 2.15. The molecule has 2 aliphatic rings. The van der Waals surface area contributed by atoms with Gasteiger partial charge in [-0.15, -0.1) is 0 Å². The summed E-state index contributed by atoms with van der Waals surface area (Å²) in [6, 6.07) is 3.92. The largest absolute Gasteiger partial charge is 0.370 e. The second-order valence-electron chi connectivity index (χ2n) is 5.14. The third-order valence-corrected chi connectivity index (χ3v) is 3.76. The van der Waals surface area contributed by atoms with Gasteiger partial charge in [-0.3, -0.25) is 0 Å². The summed E-state index contributed by atoms with van der Waals surface area (Å²) in [4.78, 5) is 2.89. The lowest BCUT2D eigenvalue weighted by molar-refractivity contribution is -0.900. The molecule has 0 saturated carbocycles. The van der Waals surface area contributed by atoms with Crippen molar-refractivity contribution in [2.75, 3.05) is 46.4 Å². The first-order chi connectivity index (χ1) is 9.24. The molecular formula is C14H20N4O+2. The lowest BCUT2D eigenvalue weighted by Crippen LogP contribution is -3.16. The van der Waals surface area contributed by atoms with Gasteiger partial charge in [0.25, 0.3) is 0 Å². The predicted molar refractivity (Wildman–Crippen MR) is 69.1 cm³/mol. The smallest absolute Gasteiger partial charge is 0.130 e. The number of hydrogen-bond donors (Lipinski definition) is 2. The Kier molecular flexibility index (Phi) is 4.70. The molecule has 2 N–H and O–H groups in total. The van der Waals surface area contributed by atoms with E-state index in [0.717, 1.165) is 45.8 Å². The molecule has 100 valence electrons. The molecule has 1 saturated heterocycles. The molecule has 0 aromatic carbocycles. The molecule has 1 fully saturated rings. The zero-order valence-corrected chi connectivity index (χ0v) is 11.3. The predicted octanol–water partition coefficient (Wildman–Crippen LogP) is -1.95. The highest BCUT2D eigenvalue weighted by Gasteiger charge is 2.28. The number of likely N-dealkylation sites (N-methyl/N-ethyl adjacent to an activating group) is 1. The van der Waals surface area contributed by atoms with Crippen LogP contribution in [0.3, 0.4) is 0 Å². The Morgan fingerprint density at radius 3 is 2.53 bits per heavy atom. The van der Waals surface area contributed by atoms with E-state index < -0.39 is 0 Å². The van der Waals surface area contributed by atoms with Crippen LogP contribution >= 0.6 is 0 Å². The van der Waals surface area contributed by atoms with Crippen molar-refractivity contribution < 1.29 is 14.5 Å². The van der Waals surface area contributed by atoms with Crippen molar-refractivity contribution in [1.82, 2.24) is 0 Å². The molecule has 5 nitrogen and oxygen atoms in total. The fraction of sp³-hybridized carbons (Fsp3) is 0.571. The van der Waals surface area contributed by atoms with Gasteiger partial charge in [-0.05, 0) is 6.08 Å². The van der Waals surface area contributed by atoms with Crippen LogP contribution in [0.5, 0.6) is 0 Å². The van der Waals surface area contributed by atoms with Crippen LogP contribution < -0.4 is 9.80 Å². The molecule has 0 aliphatic carbocycles. The number of nitrogens with zero attached hydrogens (tertiary/aromatic N) is 2. The monoisotopic (exact) mass is 260 g/mol. The third kappa shape index (κ3) is 3.42. The van der Waals surface area contributed by atoms with Gasteiger partial charge in [0.2, 0.25) is 0 Å². The van der Waals surface area contributed by atoms with Gasteiger partial charge < -0.3 is 14.5 Å². The summed E-state index contributed by atoms with van der Waals surface area (Å²) in [6.45, 7) is 5.57. The summed E-state index contributed by atoms with van der Waals surface area (Å²) < 4.78 is 5.40. The van der Waals surface area contributed by atoms with Crippen LogP contribution in [0.15, 0.2) is 22.9 Å². The van der Waals surface area contributed by atoms with Gasteiger partial charge in [-0.1, -0.05) is 0 Å². The molecule has 2 rings (SSSR count). The number of nitriles is 2. The van der Waals surface area contributed by atoms with Crippen LogP contribution in [-0.2, 0) is 4.74 Å². The maximum absolute atomic E-state index is 8.92. The molecule has 5 heteroatoms. The third-order valence-electron chi connectivity index (χ3n) is 3.76. The molecule has 2 heterocycles. The summed E-state index contributed by atoms with van der Waals surface area (Å²) in [6.07, 6.45) is 2.82. The highest BCUT2D eigenvalue weighted by molar-refractivity contribution is 5.42. The Morgan fingerprint density at radius 2 is 1.89 bits per heavy atom. The standard InChI is InChI=1S/C14H18N4O/c1-17-3-2-14(18-4-6-19-7-5-18)13(11-17)8-12(9-15)10-16/h8H,2-7,11H2,1H3/p+2. The quantitative estimate of drug-likeness (QED) is 0.567. The summed E-state index contributed by atoms with van der Waals surface area (Å²) in [5.41, 5.74) is 2.74. The zero-order valence-electron chi connectivity index (χ0n) is 11.3. The van der Waals surface area contributed by atoms with Gasteiger partial charge in [0.15, 0.2) is 0 Å². The first-order valence-electron chi connectivity index (χ1n) is 6.72. The van der Waals surface area contributed by atoms with E-state index in [0.29, 0.717) is 0 Å². The molecule has 0 amide bonds. The highest BCUT2D eigenvalue weighted by atomic mass is 16.5. The van der Waals surface area contributed by atoms with Crippen LogP contribution in [0.4, 0.5) is 0 Å². The second-order valence-corrected chi connectivity index (χ2v) is 5.14. The zero-order chi connectivity index (χ0) is 13.7. The lowest BCUT2D eigenvalue weighted by atomic mass is 10.0. The number of hydrogen-bond acceptors (Lipinski definition) is 3. The van der Waals surface area contributed by atoms with Crippen molar-refractivity contribution in [2.24, 2.45) is 0 Å². The van der Waals surface area contributed by atoms with Crippen molar-refractivity contribution in [1.29, 1.82) is 10.5 Å². The van der Waals surface area contributed by atoms with E-state index in [-0.39, 0.29) is 5.57 Å². The van der Waals surface area contributed by atoms with Gasteiger partial charge in [-0.2, -0.15) is 10.5 Å². The van der Waals surface area contributed by atoms with E-state index in [1.165, 1.54) is 21.1 Å². The Bertz CT molecular complexity index is 459. The Hall–Kier alpha value is -1.66. The van der Waals surface area contributed by atoms with E-state index in [1.54, 1.807) is 6.08 Å². The Morgan fingerprint density at radius 1 is 1.21 bits per heavy atom. The van der Waals surface area contributed by atoms with E-state index in [4.69, 9.17) is 15.3 Å². The van der Waals surface area contributed by atoms with Crippen molar-refractivity contribution in [3.63, 3.8) is 0 Å². The van der Waals surface area contributed by atoms with Gasteiger partial charge in [-0.25, -0.2) is 0 Å². The molecule has 0 radical (unpaired) electrons. The van der Waals surface area contributed by atoms with Gasteiger partial charge in [0.1, 0.15) is 43.0 Å². The topological polar surface area (TPSA) is 65.7 Å². The van der Waals surface area contributed by atoms with Crippen molar-refractivity contribution in [2.45, 2.75) is 6.42 Å². The van der Waals surface area contributed by atoms with Crippen LogP contribution in [0, 0.1) is 22.7 Å². The highest BCUT2D eigenvalue weighted by Crippen LogP contribution is 2.09. The van der Waals surface area contributed by atoms with E-state index >= 15 is 0 Å². The molecule has 1 unspecified atom stereocenters. The minimum Gasteiger partial charge on any atom is -0.370 e. The fourth-order valence-corrected chi connectivity index (χ4v) is 2.74.